The van der Waals surface area contributed by atoms with Crippen LogP contribution in [0.2, 0.25) is 0 Å². The Labute approximate surface area is 76.9 Å². The second-order valence-corrected chi connectivity index (χ2v) is 3.62. The molecule has 1 rings (SSSR count). The Morgan fingerprint density at radius 3 is 2.85 bits per heavy atom. The van der Waals surface area contributed by atoms with Crippen LogP contribution in [0.5, 0.6) is 0 Å². The Balaban J connectivity index is 2.36. The third-order valence-electron chi connectivity index (χ3n) is 2.51. The predicted octanol–water partition coefficient (Wildman–Crippen LogP) is 1.70. The van der Waals surface area contributed by atoms with Gasteiger partial charge >= 0.3 is 0 Å². The van der Waals surface area contributed by atoms with Crippen LogP contribution in [0, 0.1) is 0 Å². The molecule has 1 fully saturated rings. The Morgan fingerprint density at radius 1 is 1.62 bits per heavy atom. The molecule has 1 saturated carbocycles. The van der Waals surface area contributed by atoms with Crippen molar-refractivity contribution < 1.29 is 13.6 Å². The number of rotatable bonds is 3. The minimum atomic E-state index is -2.30. The zero-order valence-corrected chi connectivity index (χ0v) is 7.80. The molecular formula is C9H15F2NO. The van der Waals surface area contributed by atoms with Crippen LogP contribution in [-0.4, -0.2) is 36.7 Å². The van der Waals surface area contributed by atoms with Crippen LogP contribution in [0.25, 0.3) is 0 Å². The van der Waals surface area contributed by atoms with E-state index in [-0.39, 0.29) is 18.4 Å². The van der Waals surface area contributed by atoms with Crippen molar-refractivity contribution in [2.75, 3.05) is 13.6 Å². The second kappa shape index (κ2) is 4.65. The van der Waals surface area contributed by atoms with Gasteiger partial charge in [-0.1, -0.05) is 0 Å². The standard InChI is InChI=1S/C9H15F2NO/c1-12(6-9(10)11)7-3-2-4-8(13)5-7/h7,9H,2-6H2,1H3. The number of Topliss-reactive ketones (excluding diaryl/α,β-unsaturated/α-hetero) is 1. The van der Waals surface area contributed by atoms with Crippen molar-refractivity contribution in [1.82, 2.24) is 4.90 Å². The first-order chi connectivity index (χ1) is 6.09. The van der Waals surface area contributed by atoms with Gasteiger partial charge in [0.1, 0.15) is 5.78 Å². The largest absolute Gasteiger partial charge is 0.300 e. The molecule has 2 nitrogen and oxygen atoms in total. The van der Waals surface area contributed by atoms with Crippen LogP contribution >= 0.6 is 0 Å². The van der Waals surface area contributed by atoms with Crippen molar-refractivity contribution >= 4 is 5.78 Å². The molecule has 0 radical (unpaired) electrons. The van der Waals surface area contributed by atoms with Gasteiger partial charge in [0.15, 0.2) is 0 Å². The van der Waals surface area contributed by atoms with Gasteiger partial charge in [0.25, 0.3) is 6.43 Å². The molecule has 13 heavy (non-hydrogen) atoms. The van der Waals surface area contributed by atoms with Crippen molar-refractivity contribution in [2.45, 2.75) is 38.2 Å². The van der Waals surface area contributed by atoms with E-state index in [0.29, 0.717) is 12.8 Å². The van der Waals surface area contributed by atoms with Gasteiger partial charge in [-0.2, -0.15) is 0 Å². The fourth-order valence-corrected chi connectivity index (χ4v) is 1.74. The highest BCUT2D eigenvalue weighted by atomic mass is 19.3. The van der Waals surface area contributed by atoms with E-state index in [9.17, 15) is 13.6 Å². The Hall–Kier alpha value is -0.510. The Kier molecular flexibility index (Phi) is 3.78. The summed E-state index contributed by atoms with van der Waals surface area (Å²) in [6.07, 6.45) is 0.482. The molecule has 76 valence electrons. The molecule has 0 aromatic rings. The second-order valence-electron chi connectivity index (χ2n) is 3.62. The van der Waals surface area contributed by atoms with Gasteiger partial charge in [-0.05, 0) is 19.9 Å². The summed E-state index contributed by atoms with van der Waals surface area (Å²) >= 11 is 0. The van der Waals surface area contributed by atoms with E-state index in [1.807, 2.05) is 0 Å². The first-order valence-corrected chi connectivity index (χ1v) is 4.59. The van der Waals surface area contributed by atoms with Crippen LogP contribution in [0.4, 0.5) is 8.78 Å². The van der Waals surface area contributed by atoms with Gasteiger partial charge in [0.2, 0.25) is 0 Å². The molecule has 0 N–H and O–H groups in total. The number of hydrogen-bond donors (Lipinski definition) is 0. The van der Waals surface area contributed by atoms with Crippen LogP contribution in [-0.2, 0) is 4.79 Å². The average Bonchev–Trinajstić information content (AvgIpc) is 2.03. The highest BCUT2D eigenvalue weighted by Gasteiger charge is 2.24. The summed E-state index contributed by atoms with van der Waals surface area (Å²) < 4.78 is 24.0. The lowest BCUT2D eigenvalue weighted by molar-refractivity contribution is -0.122. The lowest BCUT2D eigenvalue weighted by Gasteiger charge is -2.29. The summed E-state index contributed by atoms with van der Waals surface area (Å²) in [6.45, 7) is -0.224. The highest BCUT2D eigenvalue weighted by molar-refractivity contribution is 5.79. The van der Waals surface area contributed by atoms with Gasteiger partial charge in [-0.3, -0.25) is 9.69 Å². The van der Waals surface area contributed by atoms with E-state index in [1.165, 1.54) is 0 Å². The normalized spacial score (nSPS) is 24.4. The average molecular weight is 191 g/mol. The quantitative estimate of drug-likeness (QED) is 0.676. The number of halogens is 2. The van der Waals surface area contributed by atoms with Crippen molar-refractivity contribution in [3.63, 3.8) is 0 Å². The summed E-state index contributed by atoms with van der Waals surface area (Å²) in [5.74, 6) is 0.206. The minimum Gasteiger partial charge on any atom is -0.300 e. The summed E-state index contributed by atoms with van der Waals surface area (Å²) in [7, 11) is 1.66. The SMILES string of the molecule is CN(CC(F)F)C1CCCC(=O)C1. The van der Waals surface area contributed by atoms with Gasteiger partial charge in [-0.25, -0.2) is 8.78 Å². The Morgan fingerprint density at radius 2 is 2.31 bits per heavy atom. The molecule has 1 atom stereocenters. The number of nitrogens with zero attached hydrogens (tertiary/aromatic N) is 1. The lowest BCUT2D eigenvalue weighted by Crippen LogP contribution is -2.38. The fourth-order valence-electron chi connectivity index (χ4n) is 1.74. The fraction of sp³-hybridized carbons (Fsp3) is 0.889. The third kappa shape index (κ3) is 3.38. The molecule has 4 heteroatoms. The maximum Gasteiger partial charge on any atom is 0.251 e. The first-order valence-electron chi connectivity index (χ1n) is 4.59. The summed E-state index contributed by atoms with van der Waals surface area (Å²) in [5, 5.41) is 0. The lowest BCUT2D eigenvalue weighted by atomic mass is 9.93. The molecule has 0 spiro atoms. The van der Waals surface area contributed by atoms with Gasteiger partial charge in [0.05, 0.1) is 6.54 Å². The predicted molar refractivity (Wildman–Crippen MR) is 45.9 cm³/mol. The summed E-state index contributed by atoms with van der Waals surface area (Å²) in [5.41, 5.74) is 0. The topological polar surface area (TPSA) is 20.3 Å². The molecule has 0 aromatic carbocycles. The monoisotopic (exact) mass is 191 g/mol. The van der Waals surface area contributed by atoms with Crippen molar-refractivity contribution in [2.24, 2.45) is 0 Å². The van der Waals surface area contributed by atoms with Crippen molar-refractivity contribution in [3.8, 4) is 0 Å². The van der Waals surface area contributed by atoms with Gasteiger partial charge in [-0.15, -0.1) is 0 Å². The van der Waals surface area contributed by atoms with Crippen LogP contribution < -0.4 is 0 Å². The van der Waals surface area contributed by atoms with Crippen molar-refractivity contribution in [3.05, 3.63) is 0 Å². The molecular weight excluding hydrogens is 176 g/mol. The zero-order valence-electron chi connectivity index (χ0n) is 7.80. The van der Waals surface area contributed by atoms with Gasteiger partial charge < -0.3 is 0 Å². The maximum atomic E-state index is 12.0. The van der Waals surface area contributed by atoms with E-state index < -0.39 is 6.43 Å². The third-order valence-corrected chi connectivity index (χ3v) is 2.51. The molecule has 1 unspecified atom stereocenters. The molecule has 1 aliphatic rings. The molecule has 0 aromatic heterocycles. The van der Waals surface area contributed by atoms with Crippen LogP contribution in [0.1, 0.15) is 25.7 Å². The summed E-state index contributed by atoms with van der Waals surface area (Å²) in [4.78, 5) is 12.6. The zero-order chi connectivity index (χ0) is 9.84. The molecule has 1 aliphatic carbocycles. The first kappa shape index (κ1) is 10.6. The van der Waals surface area contributed by atoms with Crippen LogP contribution in [0.3, 0.4) is 0 Å². The molecule has 0 saturated heterocycles. The number of ketones is 1. The molecule has 0 aliphatic heterocycles. The van der Waals surface area contributed by atoms with E-state index in [0.717, 1.165) is 12.8 Å². The minimum absolute atomic E-state index is 0.0373. The highest BCUT2D eigenvalue weighted by Crippen LogP contribution is 2.19. The van der Waals surface area contributed by atoms with E-state index in [4.69, 9.17) is 0 Å². The summed E-state index contributed by atoms with van der Waals surface area (Å²) in [6, 6.07) is 0.0373. The smallest absolute Gasteiger partial charge is 0.251 e. The maximum absolute atomic E-state index is 12.0. The van der Waals surface area contributed by atoms with E-state index in [2.05, 4.69) is 0 Å². The van der Waals surface area contributed by atoms with E-state index in [1.54, 1.807) is 11.9 Å². The van der Waals surface area contributed by atoms with E-state index >= 15 is 0 Å². The number of carbonyl (C=O) groups is 1. The Bertz CT molecular complexity index is 184. The number of carbonyl (C=O) groups excluding carboxylic acids is 1. The molecule has 0 heterocycles. The number of hydrogen-bond acceptors (Lipinski definition) is 2. The molecule has 0 amide bonds. The number of alkyl halides is 2. The van der Waals surface area contributed by atoms with Gasteiger partial charge in [0, 0.05) is 18.9 Å². The van der Waals surface area contributed by atoms with Crippen LogP contribution in [0.15, 0.2) is 0 Å². The molecule has 0 bridgehead atoms. The van der Waals surface area contributed by atoms with Crippen molar-refractivity contribution in [1.29, 1.82) is 0 Å².